The molecule has 3 aromatic rings. The van der Waals surface area contributed by atoms with E-state index in [0.717, 1.165) is 55.2 Å². The van der Waals surface area contributed by atoms with Crippen molar-refractivity contribution in [1.82, 2.24) is 15.5 Å². The summed E-state index contributed by atoms with van der Waals surface area (Å²) in [5, 5.41) is 5.54. The highest BCUT2D eigenvalue weighted by Gasteiger charge is 2.31. The predicted octanol–water partition coefficient (Wildman–Crippen LogP) is 10.9. The van der Waals surface area contributed by atoms with E-state index in [0.29, 0.717) is 13.1 Å². The van der Waals surface area contributed by atoms with Crippen LogP contribution < -0.4 is 10.6 Å². The smallest absolute Gasteiger partial charge is 0.408 e. The maximum atomic E-state index is 14.1. The van der Waals surface area contributed by atoms with Crippen LogP contribution in [-0.4, -0.2) is 71.6 Å². The Labute approximate surface area is 395 Å². The number of benzene rings is 3. The van der Waals surface area contributed by atoms with Gasteiger partial charge in [0.25, 0.3) is 0 Å². The summed E-state index contributed by atoms with van der Waals surface area (Å²) in [7, 11) is 0. The van der Waals surface area contributed by atoms with Crippen LogP contribution in [0.2, 0.25) is 0 Å². The molecule has 2 amide bonds. The minimum atomic E-state index is -1.09. The van der Waals surface area contributed by atoms with Gasteiger partial charge < -0.3 is 29.6 Å². The highest BCUT2D eigenvalue weighted by molar-refractivity contribution is 5.85. The lowest BCUT2D eigenvalue weighted by atomic mass is 10.0. The predicted molar refractivity (Wildman–Crippen MR) is 259 cm³/mol. The van der Waals surface area contributed by atoms with Gasteiger partial charge in [0.2, 0.25) is 5.91 Å². The van der Waals surface area contributed by atoms with Crippen molar-refractivity contribution >= 4 is 29.9 Å². The largest absolute Gasteiger partial charge is 0.460 e. The fraction of sp³-hybridized carbons (Fsp3) is 0.574. The zero-order chi connectivity index (χ0) is 47.8. The zero-order valence-corrected chi connectivity index (χ0v) is 40.6. The number of alkyl carbamates (subject to hydrolysis) is 1. The molecule has 3 aromatic carbocycles. The van der Waals surface area contributed by atoms with Gasteiger partial charge in [0.15, 0.2) is 0 Å². The van der Waals surface area contributed by atoms with Crippen LogP contribution in [0.1, 0.15) is 160 Å². The monoisotopic (exact) mass is 914 g/mol. The maximum Gasteiger partial charge on any atom is 0.408 e. The second-order valence-corrected chi connectivity index (χ2v) is 18.2. The van der Waals surface area contributed by atoms with Gasteiger partial charge in [-0.2, -0.15) is 0 Å². The van der Waals surface area contributed by atoms with Crippen LogP contribution in [-0.2, 0) is 57.9 Å². The van der Waals surface area contributed by atoms with Crippen LogP contribution >= 0.6 is 0 Å². The Balaban J connectivity index is 1.79. The van der Waals surface area contributed by atoms with Crippen molar-refractivity contribution in [3.63, 3.8) is 0 Å². The SMILES string of the molecule is CCCCCCCCN(CCCCCCCC)[C@H](CCC(=O)NC(CCCC(NC(=O)OC(C)(C)C)C(=O)OCc1ccccc1)C(=O)OCc1ccccc1)C(=O)OCc1ccccc1. The van der Waals surface area contributed by atoms with Gasteiger partial charge in [0.1, 0.15) is 43.5 Å². The second-order valence-electron chi connectivity index (χ2n) is 18.2. The van der Waals surface area contributed by atoms with Crippen molar-refractivity contribution in [3.05, 3.63) is 108 Å². The molecular formula is C54H79N3O9. The van der Waals surface area contributed by atoms with Crippen molar-refractivity contribution < 1.29 is 42.9 Å². The van der Waals surface area contributed by atoms with Gasteiger partial charge in [-0.1, -0.05) is 169 Å². The molecule has 12 nitrogen and oxygen atoms in total. The normalized spacial score (nSPS) is 12.7. The molecule has 0 aliphatic heterocycles. The molecule has 3 atom stereocenters. The molecule has 0 radical (unpaired) electrons. The van der Waals surface area contributed by atoms with E-state index in [1.165, 1.54) is 38.5 Å². The first-order valence-corrected chi connectivity index (χ1v) is 24.5. The van der Waals surface area contributed by atoms with Crippen molar-refractivity contribution in [3.8, 4) is 0 Å². The summed E-state index contributed by atoms with van der Waals surface area (Å²) in [5.74, 6) is -2.08. The summed E-state index contributed by atoms with van der Waals surface area (Å²) in [4.78, 5) is 70.2. The number of hydrogen-bond donors (Lipinski definition) is 2. The Kier molecular flexibility index (Phi) is 27.1. The fourth-order valence-electron chi connectivity index (χ4n) is 7.56. The van der Waals surface area contributed by atoms with Crippen LogP contribution in [0.15, 0.2) is 91.0 Å². The number of ether oxygens (including phenoxy) is 4. The summed E-state index contributed by atoms with van der Waals surface area (Å²) in [6, 6.07) is 25.2. The third-order valence-electron chi connectivity index (χ3n) is 11.2. The molecule has 364 valence electrons. The molecule has 0 spiro atoms. The number of carbonyl (C=O) groups excluding carboxylic acids is 5. The Morgan fingerprint density at radius 2 is 0.894 bits per heavy atom. The summed E-state index contributed by atoms with van der Waals surface area (Å²) in [5.41, 5.74) is 1.64. The zero-order valence-electron chi connectivity index (χ0n) is 40.6. The van der Waals surface area contributed by atoms with Crippen molar-refractivity contribution in [1.29, 1.82) is 0 Å². The van der Waals surface area contributed by atoms with E-state index in [2.05, 4.69) is 29.4 Å². The van der Waals surface area contributed by atoms with Gasteiger partial charge in [0, 0.05) is 6.42 Å². The van der Waals surface area contributed by atoms with Crippen LogP contribution in [0.5, 0.6) is 0 Å². The third kappa shape index (κ3) is 24.3. The first-order valence-electron chi connectivity index (χ1n) is 24.5. The minimum absolute atomic E-state index is 0.00184. The van der Waals surface area contributed by atoms with Crippen molar-refractivity contribution in [2.75, 3.05) is 13.1 Å². The average Bonchev–Trinajstić information content (AvgIpc) is 3.30. The molecule has 2 N–H and O–H groups in total. The lowest BCUT2D eigenvalue weighted by molar-refractivity contribution is -0.153. The Bertz CT molecular complexity index is 1790. The van der Waals surface area contributed by atoms with Crippen LogP contribution in [0, 0.1) is 0 Å². The molecule has 0 aliphatic carbocycles. The lowest BCUT2D eigenvalue weighted by Crippen LogP contribution is -2.46. The summed E-state index contributed by atoms with van der Waals surface area (Å²) in [6.07, 6.45) is 13.2. The van der Waals surface area contributed by atoms with E-state index >= 15 is 0 Å². The highest BCUT2D eigenvalue weighted by atomic mass is 16.6. The Morgan fingerprint density at radius 3 is 1.32 bits per heavy atom. The molecular weight excluding hydrogens is 835 g/mol. The molecule has 0 aliphatic rings. The standard InChI is InChI=1S/C54H79N3O9/c1-6-8-10-12-14-25-38-57(39-26-15-13-11-9-7-2)48(52(61)65-42-45-32-23-18-24-33-45)36-37-49(58)55-46(50(59)63-40-43-28-19-16-20-29-43)34-27-35-47(56-53(62)66-54(3,4)5)51(60)64-41-44-30-21-17-22-31-44/h16-24,28-33,46-48H,6-15,25-27,34-42H2,1-5H3,(H,55,58)(H,56,62)/t46?,47?,48-/m1/s1. The number of carbonyl (C=O) groups is 5. The van der Waals surface area contributed by atoms with Crippen molar-refractivity contribution in [2.24, 2.45) is 0 Å². The molecule has 0 bridgehead atoms. The summed E-state index contributed by atoms with van der Waals surface area (Å²) < 4.78 is 22.7. The lowest BCUT2D eigenvalue weighted by Gasteiger charge is -2.30. The maximum absolute atomic E-state index is 14.1. The molecule has 0 aromatic heterocycles. The molecule has 0 saturated carbocycles. The van der Waals surface area contributed by atoms with Crippen molar-refractivity contribution in [2.45, 2.75) is 187 Å². The summed E-state index contributed by atoms with van der Waals surface area (Å²) in [6.45, 7) is 11.1. The van der Waals surface area contributed by atoms with Gasteiger partial charge in [-0.25, -0.2) is 14.4 Å². The summed E-state index contributed by atoms with van der Waals surface area (Å²) >= 11 is 0. The molecule has 3 rings (SSSR count). The van der Waals surface area contributed by atoms with Crippen LogP contribution in [0.3, 0.4) is 0 Å². The first kappa shape index (κ1) is 55.1. The molecule has 2 unspecified atom stereocenters. The van der Waals surface area contributed by atoms with E-state index in [4.69, 9.17) is 18.9 Å². The Morgan fingerprint density at radius 1 is 0.500 bits per heavy atom. The van der Waals surface area contributed by atoms with Gasteiger partial charge >= 0.3 is 24.0 Å². The quantitative estimate of drug-likeness (QED) is 0.0343. The average molecular weight is 914 g/mol. The van der Waals surface area contributed by atoms with E-state index in [9.17, 15) is 24.0 Å². The third-order valence-corrected chi connectivity index (χ3v) is 11.2. The second kappa shape index (κ2) is 32.4. The van der Waals surface area contributed by atoms with E-state index < -0.39 is 47.7 Å². The van der Waals surface area contributed by atoms with Gasteiger partial charge in [-0.05, 0) is 89.1 Å². The van der Waals surface area contributed by atoms with Crippen LogP contribution in [0.4, 0.5) is 4.79 Å². The fourth-order valence-corrected chi connectivity index (χ4v) is 7.56. The van der Waals surface area contributed by atoms with Gasteiger partial charge in [0.05, 0.1) is 0 Å². The highest BCUT2D eigenvalue weighted by Crippen LogP contribution is 2.18. The first-order chi connectivity index (χ1) is 31.9. The van der Waals surface area contributed by atoms with Crippen LogP contribution in [0.25, 0.3) is 0 Å². The Hall–Kier alpha value is -5.23. The number of esters is 3. The molecule has 0 saturated heterocycles. The molecule has 66 heavy (non-hydrogen) atoms. The number of nitrogens with zero attached hydrogens (tertiary/aromatic N) is 1. The number of unbranched alkanes of at least 4 members (excludes halogenated alkanes) is 10. The topological polar surface area (TPSA) is 150 Å². The molecule has 0 fully saturated rings. The van der Waals surface area contributed by atoms with Gasteiger partial charge in [-0.3, -0.25) is 14.5 Å². The van der Waals surface area contributed by atoms with E-state index in [1.807, 2.05) is 91.0 Å². The number of hydrogen-bond acceptors (Lipinski definition) is 10. The van der Waals surface area contributed by atoms with Gasteiger partial charge in [-0.15, -0.1) is 0 Å². The number of rotatable bonds is 33. The molecule has 0 heterocycles. The molecule has 12 heteroatoms. The number of amides is 2. The minimum Gasteiger partial charge on any atom is -0.460 e. The number of nitrogens with one attached hydrogen (secondary N) is 2. The van der Waals surface area contributed by atoms with E-state index in [-0.39, 0.29) is 57.9 Å². The van der Waals surface area contributed by atoms with E-state index in [1.54, 1.807) is 20.8 Å².